The molecule has 1 fully saturated rings. The zero-order valence-corrected chi connectivity index (χ0v) is 16.6. The summed E-state index contributed by atoms with van der Waals surface area (Å²) in [5.41, 5.74) is 1.79. The van der Waals surface area contributed by atoms with Crippen LogP contribution in [0.1, 0.15) is 24.0 Å². The first-order valence-corrected chi connectivity index (χ1v) is 9.59. The first-order chi connectivity index (χ1) is 13.9. The van der Waals surface area contributed by atoms with Gasteiger partial charge in [-0.05, 0) is 64.3 Å². The van der Waals surface area contributed by atoms with Gasteiger partial charge in [0.2, 0.25) is 11.8 Å². The highest BCUT2D eigenvalue weighted by Gasteiger charge is 2.26. The first kappa shape index (κ1) is 19.0. The largest absolute Gasteiger partial charge is 0.402 e. The number of nitro benzene ring substituents is 1. The number of hydrogen-bond acceptors (Lipinski definition) is 6. The maximum atomic E-state index is 12.2. The lowest BCUT2D eigenvalue weighted by atomic mass is 10.1. The van der Waals surface area contributed by atoms with Crippen LogP contribution in [0.25, 0.3) is 6.08 Å². The molecule has 2 aromatic rings. The fraction of sp³-hybridized carbons (Fsp3) is 0.150. The van der Waals surface area contributed by atoms with E-state index >= 15 is 0 Å². The van der Waals surface area contributed by atoms with E-state index in [4.69, 9.17) is 4.74 Å². The van der Waals surface area contributed by atoms with Crippen LogP contribution in [0.5, 0.6) is 0 Å². The molecule has 8 nitrogen and oxygen atoms in total. The minimum atomic E-state index is -0.635. The van der Waals surface area contributed by atoms with Crippen molar-refractivity contribution in [2.75, 3.05) is 11.4 Å². The summed E-state index contributed by atoms with van der Waals surface area (Å²) < 4.78 is 5.59. The summed E-state index contributed by atoms with van der Waals surface area (Å²) in [6, 6.07) is 11.6. The lowest BCUT2D eigenvalue weighted by molar-refractivity contribution is -0.385. The molecule has 0 saturated carbocycles. The van der Waals surface area contributed by atoms with Crippen LogP contribution in [0, 0.1) is 10.1 Å². The SMILES string of the molecule is O=C1OC(c2ccc(N3CCCC3=O)cc2)=N/C1=C\c1ccc(Br)c([N+](=O)[O-])c1. The number of cyclic esters (lactones) is 1. The molecule has 9 heteroatoms. The van der Waals surface area contributed by atoms with E-state index in [1.807, 2.05) is 0 Å². The van der Waals surface area contributed by atoms with Crippen molar-refractivity contribution in [1.82, 2.24) is 0 Å². The molecule has 2 aliphatic rings. The zero-order chi connectivity index (χ0) is 20.5. The molecule has 1 amide bonds. The molecule has 2 aromatic carbocycles. The Bertz CT molecular complexity index is 1090. The molecule has 0 aliphatic carbocycles. The summed E-state index contributed by atoms with van der Waals surface area (Å²) in [6.07, 6.45) is 2.83. The van der Waals surface area contributed by atoms with Gasteiger partial charge >= 0.3 is 5.97 Å². The number of aliphatic imine (C=N–C) groups is 1. The highest BCUT2D eigenvalue weighted by Crippen LogP contribution is 2.28. The number of ether oxygens (including phenoxy) is 1. The Labute approximate surface area is 173 Å². The average Bonchev–Trinajstić information content (AvgIpc) is 3.29. The Morgan fingerprint density at radius 3 is 2.59 bits per heavy atom. The van der Waals surface area contributed by atoms with Gasteiger partial charge in [-0.25, -0.2) is 9.79 Å². The minimum absolute atomic E-state index is 0.0513. The molecule has 0 bridgehead atoms. The van der Waals surface area contributed by atoms with E-state index < -0.39 is 10.9 Å². The summed E-state index contributed by atoms with van der Waals surface area (Å²) in [6.45, 7) is 0.695. The van der Waals surface area contributed by atoms with Crippen molar-refractivity contribution in [2.45, 2.75) is 12.8 Å². The van der Waals surface area contributed by atoms with Gasteiger partial charge in [0.1, 0.15) is 0 Å². The maximum Gasteiger partial charge on any atom is 0.363 e. The maximum absolute atomic E-state index is 12.2. The standard InChI is InChI=1S/C20H14BrN3O5/c21-15-8-3-12(11-17(15)24(27)28)10-16-20(26)29-19(22-16)13-4-6-14(7-5-13)23-9-1-2-18(23)25/h3-8,10-11H,1-2,9H2/b16-10-. The third kappa shape index (κ3) is 3.81. The second-order valence-electron chi connectivity index (χ2n) is 6.50. The fourth-order valence-electron chi connectivity index (χ4n) is 3.15. The Kier molecular flexibility index (Phi) is 4.98. The predicted octanol–water partition coefficient (Wildman–Crippen LogP) is 3.83. The number of rotatable bonds is 4. The van der Waals surface area contributed by atoms with Crippen molar-refractivity contribution < 1.29 is 19.2 Å². The van der Waals surface area contributed by atoms with Crippen LogP contribution in [-0.2, 0) is 14.3 Å². The van der Waals surface area contributed by atoms with Crippen molar-refractivity contribution in [3.8, 4) is 0 Å². The molecular formula is C20H14BrN3O5. The van der Waals surface area contributed by atoms with Crippen LogP contribution >= 0.6 is 15.9 Å². The fourth-order valence-corrected chi connectivity index (χ4v) is 3.55. The second-order valence-corrected chi connectivity index (χ2v) is 7.35. The number of hydrogen-bond donors (Lipinski definition) is 0. The van der Waals surface area contributed by atoms with E-state index in [1.54, 1.807) is 35.2 Å². The molecule has 146 valence electrons. The lowest BCUT2D eigenvalue weighted by Gasteiger charge is -2.15. The van der Waals surface area contributed by atoms with Crippen molar-refractivity contribution in [1.29, 1.82) is 0 Å². The smallest absolute Gasteiger partial charge is 0.363 e. The number of carbonyl (C=O) groups excluding carboxylic acids is 2. The summed E-state index contributed by atoms with van der Waals surface area (Å²) in [4.78, 5) is 40.5. The Morgan fingerprint density at radius 1 is 1.17 bits per heavy atom. The lowest BCUT2D eigenvalue weighted by Crippen LogP contribution is -2.23. The molecule has 0 atom stereocenters. The van der Waals surface area contributed by atoms with Crippen LogP contribution in [0.2, 0.25) is 0 Å². The third-order valence-corrected chi connectivity index (χ3v) is 5.26. The Morgan fingerprint density at radius 2 is 1.93 bits per heavy atom. The average molecular weight is 456 g/mol. The van der Waals surface area contributed by atoms with Gasteiger partial charge in [0.05, 0.1) is 9.40 Å². The normalized spacial score (nSPS) is 17.6. The van der Waals surface area contributed by atoms with Crippen LogP contribution in [0.15, 0.2) is 57.6 Å². The molecule has 0 unspecified atom stereocenters. The third-order valence-electron chi connectivity index (χ3n) is 4.59. The number of amides is 1. The van der Waals surface area contributed by atoms with Crippen LogP contribution in [0.3, 0.4) is 0 Å². The van der Waals surface area contributed by atoms with Gasteiger partial charge in [-0.2, -0.15) is 0 Å². The Hall–Kier alpha value is -3.33. The monoisotopic (exact) mass is 455 g/mol. The number of benzene rings is 2. The van der Waals surface area contributed by atoms with Gasteiger partial charge in [-0.1, -0.05) is 6.07 Å². The van der Waals surface area contributed by atoms with E-state index in [0.29, 0.717) is 28.6 Å². The summed E-state index contributed by atoms with van der Waals surface area (Å²) >= 11 is 3.12. The van der Waals surface area contributed by atoms with Gasteiger partial charge in [0.25, 0.3) is 5.69 Å². The minimum Gasteiger partial charge on any atom is -0.402 e. The highest BCUT2D eigenvalue weighted by molar-refractivity contribution is 9.10. The zero-order valence-electron chi connectivity index (χ0n) is 15.0. The first-order valence-electron chi connectivity index (χ1n) is 8.80. The van der Waals surface area contributed by atoms with E-state index in [9.17, 15) is 19.7 Å². The van der Waals surface area contributed by atoms with Crippen LogP contribution < -0.4 is 4.90 Å². The molecule has 0 N–H and O–H groups in total. The van der Waals surface area contributed by atoms with Crippen molar-refractivity contribution in [3.63, 3.8) is 0 Å². The molecule has 0 radical (unpaired) electrons. The van der Waals surface area contributed by atoms with Gasteiger partial charge in [-0.15, -0.1) is 0 Å². The van der Waals surface area contributed by atoms with Crippen LogP contribution in [0.4, 0.5) is 11.4 Å². The quantitative estimate of drug-likeness (QED) is 0.301. The van der Waals surface area contributed by atoms with E-state index in [-0.39, 0.29) is 23.2 Å². The number of anilines is 1. The molecule has 1 saturated heterocycles. The summed E-state index contributed by atoms with van der Waals surface area (Å²) in [7, 11) is 0. The number of halogens is 1. The van der Waals surface area contributed by atoms with E-state index in [1.165, 1.54) is 18.2 Å². The molecule has 4 rings (SSSR count). The Balaban J connectivity index is 1.59. The van der Waals surface area contributed by atoms with Gasteiger partial charge in [0, 0.05) is 30.3 Å². The van der Waals surface area contributed by atoms with E-state index in [0.717, 1.165) is 12.1 Å². The summed E-state index contributed by atoms with van der Waals surface area (Å²) in [5.74, 6) is -0.396. The summed E-state index contributed by atoms with van der Waals surface area (Å²) in [5, 5.41) is 11.1. The van der Waals surface area contributed by atoms with Crippen molar-refractivity contribution in [3.05, 3.63) is 73.9 Å². The highest BCUT2D eigenvalue weighted by atomic mass is 79.9. The number of nitro groups is 1. The topological polar surface area (TPSA) is 102 Å². The van der Waals surface area contributed by atoms with Gasteiger partial charge in [0.15, 0.2) is 5.70 Å². The van der Waals surface area contributed by atoms with Gasteiger partial charge < -0.3 is 9.64 Å². The molecule has 29 heavy (non-hydrogen) atoms. The van der Waals surface area contributed by atoms with Gasteiger partial charge in [-0.3, -0.25) is 14.9 Å². The second kappa shape index (κ2) is 7.59. The predicted molar refractivity (Wildman–Crippen MR) is 109 cm³/mol. The van der Waals surface area contributed by atoms with Crippen molar-refractivity contribution in [2.24, 2.45) is 4.99 Å². The van der Waals surface area contributed by atoms with Crippen molar-refractivity contribution >= 4 is 51.2 Å². The number of nitrogens with zero attached hydrogens (tertiary/aromatic N) is 3. The molecule has 0 spiro atoms. The van der Waals surface area contributed by atoms with Crippen LogP contribution in [-0.4, -0.2) is 29.2 Å². The molecule has 2 heterocycles. The number of carbonyl (C=O) groups is 2. The van der Waals surface area contributed by atoms with E-state index in [2.05, 4.69) is 20.9 Å². The molecule has 2 aliphatic heterocycles. The molecular weight excluding hydrogens is 442 g/mol. The number of esters is 1. The molecule has 0 aromatic heterocycles.